The summed E-state index contributed by atoms with van der Waals surface area (Å²) < 4.78 is 42.2. The summed E-state index contributed by atoms with van der Waals surface area (Å²) >= 11 is 0. The summed E-state index contributed by atoms with van der Waals surface area (Å²) in [6, 6.07) is 11.1. The molecule has 246 valence electrons. The van der Waals surface area contributed by atoms with Crippen molar-refractivity contribution in [3.8, 4) is 35.2 Å². The van der Waals surface area contributed by atoms with Crippen LogP contribution in [-0.2, 0) is 16.1 Å². The van der Waals surface area contributed by atoms with Gasteiger partial charge in [0.1, 0.15) is 17.9 Å². The molecule has 1 aliphatic carbocycles. The Bertz CT molecular complexity index is 2100. The van der Waals surface area contributed by atoms with Gasteiger partial charge in [-0.15, -0.1) is 6.42 Å². The van der Waals surface area contributed by atoms with Crippen LogP contribution in [-0.4, -0.2) is 46.2 Å². The lowest BCUT2D eigenvalue weighted by Crippen LogP contribution is -2.19. The normalized spacial score (nSPS) is 19.5. The predicted octanol–water partition coefficient (Wildman–Crippen LogP) is 6.94. The highest BCUT2D eigenvalue weighted by atomic mass is 19.1. The molecule has 2 atom stereocenters. The predicted molar refractivity (Wildman–Crippen MR) is 180 cm³/mol. The number of halogens is 1. The Hall–Kier alpha value is -4.72. The lowest BCUT2D eigenvalue weighted by Gasteiger charge is -2.24. The van der Waals surface area contributed by atoms with E-state index in [1.807, 2.05) is 30.3 Å². The Morgan fingerprint density at radius 3 is 2.65 bits per heavy atom. The van der Waals surface area contributed by atoms with Gasteiger partial charge in [0.25, 0.3) is 11.6 Å². The summed E-state index contributed by atoms with van der Waals surface area (Å²) in [6.45, 7) is 4.26. The number of nitrogens with zero attached hydrogens (tertiary/aromatic N) is 3. The van der Waals surface area contributed by atoms with E-state index in [1.165, 1.54) is 0 Å². The first-order valence-corrected chi connectivity index (χ1v) is 16.8. The summed E-state index contributed by atoms with van der Waals surface area (Å²) in [6.07, 6.45) is 12.7. The second-order valence-corrected chi connectivity index (χ2v) is 13.1. The first-order chi connectivity index (χ1) is 23.5. The fourth-order valence-electron chi connectivity index (χ4n) is 6.92. The molecular weight excluding hydrogens is 611 g/mol. The lowest BCUT2D eigenvalue weighted by atomic mass is 9.89. The molecule has 2 aliphatic heterocycles. The summed E-state index contributed by atoms with van der Waals surface area (Å²) in [5, 5.41) is 5.92. The molecule has 1 saturated carbocycles. The van der Waals surface area contributed by atoms with Gasteiger partial charge in [0.2, 0.25) is 0 Å². The van der Waals surface area contributed by atoms with E-state index in [2.05, 4.69) is 10.9 Å². The van der Waals surface area contributed by atoms with Gasteiger partial charge in [0.05, 0.1) is 30.3 Å². The van der Waals surface area contributed by atoms with Gasteiger partial charge in [0, 0.05) is 47.3 Å². The van der Waals surface area contributed by atoms with Crippen molar-refractivity contribution < 1.29 is 23.3 Å². The molecule has 48 heavy (non-hydrogen) atoms. The van der Waals surface area contributed by atoms with Crippen LogP contribution >= 0.6 is 0 Å². The van der Waals surface area contributed by atoms with Crippen LogP contribution in [0.5, 0.6) is 11.8 Å². The quantitative estimate of drug-likeness (QED) is 0.173. The fourth-order valence-corrected chi connectivity index (χ4v) is 6.92. The highest BCUT2D eigenvalue weighted by molar-refractivity contribution is 6.04. The van der Waals surface area contributed by atoms with Crippen LogP contribution in [0.25, 0.3) is 32.9 Å². The van der Waals surface area contributed by atoms with Gasteiger partial charge < -0.3 is 18.9 Å². The number of aromatic amines is 1. The molecule has 9 nitrogen and oxygen atoms in total. The topological polar surface area (TPSA) is 100 Å². The van der Waals surface area contributed by atoms with Crippen LogP contribution in [0.15, 0.2) is 47.4 Å². The first-order valence-electron chi connectivity index (χ1n) is 16.8. The smallest absolute Gasteiger partial charge is 0.297 e. The molecule has 2 aromatic heterocycles. The van der Waals surface area contributed by atoms with Gasteiger partial charge in [-0.25, -0.2) is 9.07 Å². The molecule has 3 fully saturated rings. The second-order valence-electron chi connectivity index (χ2n) is 13.1. The van der Waals surface area contributed by atoms with E-state index in [-0.39, 0.29) is 42.1 Å². The Morgan fingerprint density at radius 1 is 1.06 bits per heavy atom. The Balaban J connectivity index is 1.34. The molecule has 0 bridgehead atoms. The zero-order valence-corrected chi connectivity index (χ0v) is 26.9. The van der Waals surface area contributed by atoms with Crippen molar-refractivity contribution in [2.24, 2.45) is 5.92 Å². The largest absolute Gasteiger partial charge is 0.486 e. The van der Waals surface area contributed by atoms with Crippen molar-refractivity contribution in [2.75, 3.05) is 26.4 Å². The SMILES string of the molecule is C#Cc1ccc(COc2c(-c3c(C)c(F)cc4c3cnn4C3CCCCO3)c(C3CC3)cc3c(=O)[nH]c(OC[C@H]4CCOC4)nc23)cc1. The summed E-state index contributed by atoms with van der Waals surface area (Å²) in [5.41, 5.74) is 5.15. The number of hydrogen-bond acceptors (Lipinski definition) is 7. The van der Waals surface area contributed by atoms with Gasteiger partial charge in [-0.3, -0.25) is 9.78 Å². The summed E-state index contributed by atoms with van der Waals surface area (Å²) in [5.74, 6) is 3.11. The number of aromatic nitrogens is 4. The number of rotatable bonds is 9. The molecule has 8 rings (SSSR count). The van der Waals surface area contributed by atoms with Gasteiger partial charge >= 0.3 is 0 Å². The van der Waals surface area contributed by atoms with Crippen LogP contribution in [0.4, 0.5) is 4.39 Å². The summed E-state index contributed by atoms with van der Waals surface area (Å²) in [7, 11) is 0. The van der Waals surface area contributed by atoms with Crippen molar-refractivity contribution in [3.05, 3.63) is 81.0 Å². The van der Waals surface area contributed by atoms with Crippen LogP contribution in [0.1, 0.15) is 72.9 Å². The first kappa shape index (κ1) is 30.6. The van der Waals surface area contributed by atoms with Crippen LogP contribution < -0.4 is 15.0 Å². The molecule has 0 spiro atoms. The number of fused-ring (bicyclic) bond motifs is 2. The van der Waals surface area contributed by atoms with Crippen LogP contribution in [0, 0.1) is 31.0 Å². The van der Waals surface area contributed by atoms with Crippen LogP contribution in [0.3, 0.4) is 0 Å². The number of hydrogen-bond donors (Lipinski definition) is 1. The zero-order chi connectivity index (χ0) is 32.8. The average molecular weight is 649 g/mol. The average Bonchev–Trinajstić information content (AvgIpc) is 3.66. The minimum absolute atomic E-state index is 0.108. The van der Waals surface area contributed by atoms with E-state index in [4.69, 9.17) is 35.5 Å². The van der Waals surface area contributed by atoms with Gasteiger partial charge in [-0.1, -0.05) is 18.1 Å². The molecule has 4 heterocycles. The Morgan fingerprint density at radius 2 is 1.92 bits per heavy atom. The standard InChI is InChI=1S/C38H37FN4O5/c1-3-23-7-9-24(10-8-23)20-47-36-34(33-22(2)30(39)17-31-29(33)18-40-43(31)32-6-4-5-14-46-32)27(26-11-12-26)16-28-35(36)41-38(42-37(28)44)48-21-25-13-15-45-19-25/h1,7-10,16-18,25-26,32H,4-6,11-15,19-21H2,2H3,(H,41,42,44)/t25-,32?/m0/s1. The number of ether oxygens (including phenoxy) is 4. The van der Waals surface area contributed by atoms with Crippen molar-refractivity contribution in [3.63, 3.8) is 0 Å². The molecule has 5 aromatic rings. The third-order valence-electron chi connectivity index (χ3n) is 9.74. The lowest BCUT2D eigenvalue weighted by molar-refractivity contribution is -0.0366. The zero-order valence-electron chi connectivity index (χ0n) is 26.9. The molecule has 1 N–H and O–H groups in total. The van der Waals surface area contributed by atoms with E-state index in [0.717, 1.165) is 66.2 Å². The Labute approximate surface area is 277 Å². The fraction of sp³-hybridized carbons (Fsp3) is 0.395. The molecule has 0 radical (unpaired) electrons. The van der Waals surface area contributed by atoms with Gasteiger partial charge in [0.15, 0.2) is 12.0 Å². The maximum absolute atomic E-state index is 16.1. The molecule has 3 aliphatic rings. The third-order valence-corrected chi connectivity index (χ3v) is 9.74. The number of H-pyrrole nitrogens is 1. The van der Waals surface area contributed by atoms with E-state index in [1.54, 1.807) is 23.9 Å². The van der Waals surface area contributed by atoms with Gasteiger partial charge in [-0.2, -0.15) is 10.1 Å². The maximum Gasteiger partial charge on any atom is 0.297 e. The highest BCUT2D eigenvalue weighted by Crippen LogP contribution is 2.52. The van der Waals surface area contributed by atoms with Crippen LogP contribution in [0.2, 0.25) is 0 Å². The summed E-state index contributed by atoms with van der Waals surface area (Å²) in [4.78, 5) is 21.4. The van der Waals surface area contributed by atoms with Crippen molar-refractivity contribution in [1.29, 1.82) is 0 Å². The maximum atomic E-state index is 16.1. The second kappa shape index (κ2) is 12.7. The third kappa shape index (κ3) is 5.71. The van der Waals surface area contributed by atoms with E-state index in [9.17, 15) is 4.79 Å². The number of terminal acetylenes is 1. The molecule has 0 amide bonds. The Kier molecular flexibility index (Phi) is 8.11. The van der Waals surface area contributed by atoms with Crippen molar-refractivity contribution in [1.82, 2.24) is 19.7 Å². The van der Waals surface area contributed by atoms with E-state index >= 15 is 4.39 Å². The molecular formula is C38H37FN4O5. The molecule has 3 aromatic carbocycles. The minimum atomic E-state index is -0.352. The molecule has 10 heteroatoms. The van der Waals surface area contributed by atoms with E-state index < -0.39 is 0 Å². The van der Waals surface area contributed by atoms with Crippen molar-refractivity contribution in [2.45, 2.75) is 64.2 Å². The minimum Gasteiger partial charge on any atom is -0.486 e. The highest BCUT2D eigenvalue weighted by Gasteiger charge is 2.33. The van der Waals surface area contributed by atoms with E-state index in [0.29, 0.717) is 59.7 Å². The molecule has 1 unspecified atom stereocenters. The van der Waals surface area contributed by atoms with Gasteiger partial charge in [-0.05, 0) is 86.3 Å². The van der Waals surface area contributed by atoms with Crippen molar-refractivity contribution >= 4 is 21.8 Å². The number of benzene rings is 3. The number of nitrogens with one attached hydrogen (secondary N) is 1. The monoisotopic (exact) mass is 648 g/mol. The molecule has 2 saturated heterocycles.